The molecule has 0 aromatic heterocycles. The summed E-state index contributed by atoms with van der Waals surface area (Å²) in [5, 5.41) is 11.4. The van der Waals surface area contributed by atoms with Gasteiger partial charge in [0.2, 0.25) is 0 Å². The van der Waals surface area contributed by atoms with Gasteiger partial charge in [0, 0.05) is 5.56 Å². The Morgan fingerprint density at radius 2 is 2.35 bits per heavy atom. The van der Waals surface area contributed by atoms with Gasteiger partial charge < -0.3 is 20.4 Å². The number of benzene rings is 1. The number of nitrogens with zero attached hydrogens (tertiary/aromatic N) is 1. The van der Waals surface area contributed by atoms with Crippen LogP contribution in [0.5, 0.6) is 5.75 Å². The molecule has 1 aromatic carbocycles. The molecule has 1 fully saturated rings. The first-order chi connectivity index (χ1) is 9.41. The summed E-state index contributed by atoms with van der Waals surface area (Å²) in [7, 11) is 0. The standard InChI is InChI=1S/C14H19FN2O3/c1-14(2)6-5-10(20-14)8-19-12-4-3-9(7-11(12)15)13(16)17-18/h3-4,7,10,18H,5-6,8H2,1-2H3,(H2,16,17). The maximum atomic E-state index is 13.8. The summed E-state index contributed by atoms with van der Waals surface area (Å²) in [5.74, 6) is -0.560. The Balaban J connectivity index is 1.97. The highest BCUT2D eigenvalue weighted by Crippen LogP contribution is 2.30. The molecule has 0 aliphatic carbocycles. The van der Waals surface area contributed by atoms with Gasteiger partial charge >= 0.3 is 0 Å². The molecular weight excluding hydrogens is 263 g/mol. The van der Waals surface area contributed by atoms with E-state index in [2.05, 4.69) is 5.16 Å². The van der Waals surface area contributed by atoms with Crippen molar-refractivity contribution in [1.29, 1.82) is 0 Å². The highest BCUT2D eigenvalue weighted by Gasteiger charge is 2.32. The molecule has 1 atom stereocenters. The Morgan fingerprint density at radius 3 is 2.90 bits per heavy atom. The van der Waals surface area contributed by atoms with Gasteiger partial charge in [-0.2, -0.15) is 0 Å². The Kier molecular flexibility index (Phi) is 4.13. The van der Waals surface area contributed by atoms with Crippen LogP contribution in [0.2, 0.25) is 0 Å². The van der Waals surface area contributed by atoms with E-state index in [-0.39, 0.29) is 23.3 Å². The number of halogens is 1. The number of hydrogen-bond donors (Lipinski definition) is 2. The van der Waals surface area contributed by atoms with E-state index in [0.29, 0.717) is 12.2 Å². The Morgan fingerprint density at radius 1 is 1.60 bits per heavy atom. The predicted octanol–water partition coefficient (Wildman–Crippen LogP) is 2.26. The zero-order chi connectivity index (χ0) is 14.8. The van der Waals surface area contributed by atoms with Gasteiger partial charge in [0.05, 0.1) is 11.7 Å². The highest BCUT2D eigenvalue weighted by atomic mass is 19.1. The van der Waals surface area contributed by atoms with Gasteiger partial charge in [0.15, 0.2) is 17.4 Å². The maximum absolute atomic E-state index is 13.8. The van der Waals surface area contributed by atoms with Crippen molar-refractivity contribution in [2.45, 2.75) is 38.4 Å². The van der Waals surface area contributed by atoms with Crippen molar-refractivity contribution >= 4 is 5.84 Å². The highest BCUT2D eigenvalue weighted by molar-refractivity contribution is 5.97. The number of amidine groups is 1. The van der Waals surface area contributed by atoms with Crippen LogP contribution in [0.25, 0.3) is 0 Å². The molecule has 1 aromatic rings. The van der Waals surface area contributed by atoms with Crippen LogP contribution in [0.15, 0.2) is 23.4 Å². The molecule has 1 aliphatic heterocycles. The van der Waals surface area contributed by atoms with Crippen molar-refractivity contribution in [2.24, 2.45) is 10.9 Å². The molecule has 0 amide bonds. The van der Waals surface area contributed by atoms with E-state index in [0.717, 1.165) is 12.8 Å². The fourth-order valence-corrected chi connectivity index (χ4v) is 2.21. The van der Waals surface area contributed by atoms with Gasteiger partial charge in [-0.15, -0.1) is 0 Å². The second-order valence-corrected chi connectivity index (χ2v) is 5.48. The summed E-state index contributed by atoms with van der Waals surface area (Å²) in [6.45, 7) is 4.36. The summed E-state index contributed by atoms with van der Waals surface area (Å²) < 4.78 is 25.0. The molecule has 1 aliphatic rings. The first-order valence-electron chi connectivity index (χ1n) is 6.49. The molecule has 0 radical (unpaired) electrons. The lowest BCUT2D eigenvalue weighted by atomic mass is 10.1. The first-order valence-corrected chi connectivity index (χ1v) is 6.49. The molecule has 6 heteroatoms. The largest absolute Gasteiger partial charge is 0.488 e. The number of hydrogen-bond acceptors (Lipinski definition) is 4. The van der Waals surface area contributed by atoms with Crippen molar-refractivity contribution < 1.29 is 19.1 Å². The quantitative estimate of drug-likeness (QED) is 0.384. The number of oxime groups is 1. The lowest BCUT2D eigenvalue weighted by molar-refractivity contribution is -0.0330. The molecular formula is C14H19FN2O3. The van der Waals surface area contributed by atoms with Crippen molar-refractivity contribution in [3.63, 3.8) is 0 Å². The van der Waals surface area contributed by atoms with Gasteiger partial charge in [-0.05, 0) is 44.9 Å². The SMILES string of the molecule is CC1(C)CCC(COc2ccc(/C(N)=N/O)cc2F)O1. The minimum atomic E-state index is -0.550. The summed E-state index contributed by atoms with van der Waals surface area (Å²) in [6.07, 6.45) is 1.84. The van der Waals surface area contributed by atoms with E-state index in [4.69, 9.17) is 20.4 Å². The zero-order valence-corrected chi connectivity index (χ0v) is 11.6. The van der Waals surface area contributed by atoms with E-state index in [1.165, 1.54) is 18.2 Å². The second-order valence-electron chi connectivity index (χ2n) is 5.48. The van der Waals surface area contributed by atoms with Gasteiger partial charge in [-0.25, -0.2) is 4.39 Å². The molecule has 1 unspecified atom stereocenters. The van der Waals surface area contributed by atoms with Crippen molar-refractivity contribution in [3.8, 4) is 5.75 Å². The van der Waals surface area contributed by atoms with E-state index < -0.39 is 5.82 Å². The van der Waals surface area contributed by atoms with Crippen LogP contribution in [0.3, 0.4) is 0 Å². The second kappa shape index (κ2) is 5.66. The molecule has 0 bridgehead atoms. The van der Waals surface area contributed by atoms with Crippen molar-refractivity contribution in [1.82, 2.24) is 0 Å². The van der Waals surface area contributed by atoms with E-state index in [1.807, 2.05) is 13.8 Å². The fraction of sp³-hybridized carbons (Fsp3) is 0.500. The van der Waals surface area contributed by atoms with Crippen LogP contribution in [0.4, 0.5) is 4.39 Å². The third-order valence-electron chi connectivity index (χ3n) is 3.31. The van der Waals surface area contributed by atoms with Crippen LogP contribution in [0, 0.1) is 5.82 Å². The van der Waals surface area contributed by atoms with Gasteiger partial charge in [0.1, 0.15) is 6.61 Å². The Hall–Kier alpha value is -1.82. The molecule has 110 valence electrons. The molecule has 0 spiro atoms. The lowest BCUT2D eigenvalue weighted by Gasteiger charge is -2.19. The molecule has 5 nitrogen and oxygen atoms in total. The minimum absolute atomic E-state index is 0.0202. The predicted molar refractivity (Wildman–Crippen MR) is 72.6 cm³/mol. The third kappa shape index (κ3) is 3.39. The molecule has 1 heterocycles. The summed E-state index contributed by atoms with van der Waals surface area (Å²) in [6, 6.07) is 4.17. The van der Waals surface area contributed by atoms with E-state index >= 15 is 0 Å². The lowest BCUT2D eigenvalue weighted by Crippen LogP contribution is -2.24. The van der Waals surface area contributed by atoms with Gasteiger partial charge in [-0.3, -0.25) is 0 Å². The molecule has 20 heavy (non-hydrogen) atoms. The van der Waals surface area contributed by atoms with Crippen LogP contribution < -0.4 is 10.5 Å². The Labute approximate surface area is 117 Å². The average molecular weight is 282 g/mol. The van der Waals surface area contributed by atoms with Crippen LogP contribution in [-0.2, 0) is 4.74 Å². The van der Waals surface area contributed by atoms with Gasteiger partial charge in [0.25, 0.3) is 0 Å². The molecule has 3 N–H and O–H groups in total. The summed E-state index contributed by atoms with van der Waals surface area (Å²) in [4.78, 5) is 0. The smallest absolute Gasteiger partial charge is 0.170 e. The van der Waals surface area contributed by atoms with E-state index in [9.17, 15) is 4.39 Å². The monoisotopic (exact) mass is 282 g/mol. The number of rotatable bonds is 4. The molecule has 1 saturated heterocycles. The Bertz CT molecular complexity index is 517. The van der Waals surface area contributed by atoms with Crippen molar-refractivity contribution in [2.75, 3.05) is 6.61 Å². The van der Waals surface area contributed by atoms with Crippen LogP contribution in [-0.4, -0.2) is 29.4 Å². The normalized spacial score (nSPS) is 21.9. The first kappa shape index (κ1) is 14.6. The third-order valence-corrected chi connectivity index (χ3v) is 3.31. The maximum Gasteiger partial charge on any atom is 0.170 e. The number of ether oxygens (including phenoxy) is 2. The topological polar surface area (TPSA) is 77.1 Å². The van der Waals surface area contributed by atoms with Crippen molar-refractivity contribution in [3.05, 3.63) is 29.6 Å². The van der Waals surface area contributed by atoms with Crippen LogP contribution in [0.1, 0.15) is 32.3 Å². The minimum Gasteiger partial charge on any atom is -0.488 e. The summed E-state index contributed by atoms with van der Waals surface area (Å²) >= 11 is 0. The van der Waals surface area contributed by atoms with Gasteiger partial charge in [-0.1, -0.05) is 5.16 Å². The fourth-order valence-electron chi connectivity index (χ4n) is 2.21. The number of nitrogens with two attached hydrogens (primary N) is 1. The average Bonchev–Trinajstić information content (AvgIpc) is 2.76. The molecule has 0 saturated carbocycles. The zero-order valence-electron chi connectivity index (χ0n) is 11.6. The van der Waals surface area contributed by atoms with E-state index in [1.54, 1.807) is 0 Å². The summed E-state index contributed by atoms with van der Waals surface area (Å²) in [5.41, 5.74) is 5.55. The van der Waals surface area contributed by atoms with Crippen LogP contribution >= 0.6 is 0 Å². The molecule has 2 rings (SSSR count).